The van der Waals surface area contributed by atoms with E-state index in [1.807, 2.05) is 12.1 Å². The minimum atomic E-state index is 0.413. The molecule has 20 heavy (non-hydrogen) atoms. The first kappa shape index (κ1) is 13.9. The third-order valence-electron chi connectivity index (χ3n) is 4.20. The molecule has 3 rings (SSSR count). The summed E-state index contributed by atoms with van der Waals surface area (Å²) in [6, 6.07) is 4.31. The zero-order chi connectivity index (χ0) is 14.2. The van der Waals surface area contributed by atoms with Gasteiger partial charge >= 0.3 is 0 Å². The molecule has 1 atom stereocenters. The van der Waals surface area contributed by atoms with E-state index in [0.717, 1.165) is 17.2 Å². The van der Waals surface area contributed by atoms with Crippen molar-refractivity contribution in [1.82, 2.24) is 0 Å². The maximum absolute atomic E-state index is 6.35. The predicted molar refractivity (Wildman–Crippen MR) is 82.1 cm³/mol. The van der Waals surface area contributed by atoms with Crippen LogP contribution in [-0.4, -0.2) is 19.3 Å². The van der Waals surface area contributed by atoms with E-state index in [4.69, 9.17) is 21.1 Å². The molecule has 0 radical (unpaired) electrons. The molecule has 4 heteroatoms. The molecule has 1 N–H and O–H groups in total. The standard InChI is InChI=1S/C16H22ClNO2/c1-16(2)5-3-4-11(10-16)18-13-9-15-14(8-12(13)17)19-6-7-20-15/h8-9,11,18H,3-7,10H2,1-2H3. The molecule has 0 spiro atoms. The summed E-state index contributed by atoms with van der Waals surface area (Å²) in [5, 5.41) is 4.29. The van der Waals surface area contributed by atoms with E-state index < -0.39 is 0 Å². The number of anilines is 1. The molecule has 1 saturated carbocycles. The van der Waals surface area contributed by atoms with Gasteiger partial charge < -0.3 is 14.8 Å². The molecule has 0 bridgehead atoms. The van der Waals surface area contributed by atoms with Gasteiger partial charge in [-0.25, -0.2) is 0 Å². The summed E-state index contributed by atoms with van der Waals surface area (Å²) in [5.41, 5.74) is 1.37. The van der Waals surface area contributed by atoms with Crippen LogP contribution in [0.15, 0.2) is 12.1 Å². The normalized spacial score (nSPS) is 24.2. The average molecular weight is 296 g/mol. The summed E-state index contributed by atoms with van der Waals surface area (Å²) in [5.74, 6) is 1.54. The molecule has 1 aliphatic carbocycles. The van der Waals surface area contributed by atoms with Gasteiger partial charge in [0.05, 0.1) is 10.7 Å². The maximum atomic E-state index is 6.35. The van der Waals surface area contributed by atoms with Crippen molar-refractivity contribution in [2.45, 2.75) is 45.6 Å². The van der Waals surface area contributed by atoms with Gasteiger partial charge in [-0.05, 0) is 24.7 Å². The summed E-state index contributed by atoms with van der Waals surface area (Å²) < 4.78 is 11.2. The Morgan fingerprint density at radius 2 is 1.90 bits per heavy atom. The second-order valence-corrected chi connectivity index (χ2v) is 6.98. The van der Waals surface area contributed by atoms with Crippen LogP contribution >= 0.6 is 11.6 Å². The van der Waals surface area contributed by atoms with E-state index in [2.05, 4.69) is 19.2 Å². The van der Waals surface area contributed by atoms with Crippen LogP contribution in [-0.2, 0) is 0 Å². The third-order valence-corrected chi connectivity index (χ3v) is 4.51. The lowest BCUT2D eigenvalue weighted by molar-refractivity contribution is 0.171. The highest BCUT2D eigenvalue weighted by Gasteiger charge is 2.28. The summed E-state index contributed by atoms with van der Waals surface area (Å²) >= 11 is 6.35. The fraction of sp³-hybridized carbons (Fsp3) is 0.625. The van der Waals surface area contributed by atoms with Gasteiger partial charge in [0.25, 0.3) is 0 Å². The summed E-state index contributed by atoms with van der Waals surface area (Å²) in [4.78, 5) is 0. The second-order valence-electron chi connectivity index (χ2n) is 6.58. The lowest BCUT2D eigenvalue weighted by Crippen LogP contribution is -2.31. The van der Waals surface area contributed by atoms with Crippen LogP contribution in [0.25, 0.3) is 0 Å². The van der Waals surface area contributed by atoms with Crippen LogP contribution in [0.2, 0.25) is 5.02 Å². The zero-order valence-corrected chi connectivity index (χ0v) is 12.9. The largest absolute Gasteiger partial charge is 0.486 e. The van der Waals surface area contributed by atoms with Crippen molar-refractivity contribution in [3.05, 3.63) is 17.2 Å². The number of hydrogen-bond acceptors (Lipinski definition) is 3. The third kappa shape index (κ3) is 2.98. The Kier molecular flexibility index (Phi) is 3.72. The van der Waals surface area contributed by atoms with E-state index in [1.165, 1.54) is 25.7 Å². The average Bonchev–Trinajstić information content (AvgIpc) is 2.38. The van der Waals surface area contributed by atoms with E-state index in [1.54, 1.807) is 0 Å². The van der Waals surface area contributed by atoms with Crippen molar-refractivity contribution in [1.29, 1.82) is 0 Å². The molecule has 0 aromatic heterocycles. The van der Waals surface area contributed by atoms with E-state index in [9.17, 15) is 0 Å². The van der Waals surface area contributed by atoms with Gasteiger partial charge in [0.2, 0.25) is 0 Å². The summed E-state index contributed by atoms with van der Waals surface area (Å²) in [7, 11) is 0. The molecule has 1 fully saturated rings. The molecule has 2 aliphatic rings. The van der Waals surface area contributed by atoms with E-state index in [0.29, 0.717) is 29.7 Å². The first-order valence-corrected chi connectivity index (χ1v) is 7.77. The molecular weight excluding hydrogens is 274 g/mol. The summed E-state index contributed by atoms with van der Waals surface area (Å²) in [6.45, 7) is 5.87. The van der Waals surface area contributed by atoms with Crippen molar-refractivity contribution in [2.75, 3.05) is 18.5 Å². The molecule has 1 aromatic carbocycles. The van der Waals surface area contributed by atoms with Gasteiger partial charge in [-0.3, -0.25) is 0 Å². The highest BCUT2D eigenvalue weighted by atomic mass is 35.5. The van der Waals surface area contributed by atoms with Crippen LogP contribution in [0, 0.1) is 5.41 Å². The Morgan fingerprint density at radius 3 is 2.60 bits per heavy atom. The van der Waals surface area contributed by atoms with Crippen LogP contribution in [0.5, 0.6) is 11.5 Å². The van der Waals surface area contributed by atoms with Crippen LogP contribution < -0.4 is 14.8 Å². The number of hydrogen-bond donors (Lipinski definition) is 1. The lowest BCUT2D eigenvalue weighted by Gasteiger charge is -2.36. The van der Waals surface area contributed by atoms with Crippen molar-refractivity contribution >= 4 is 17.3 Å². The fourth-order valence-corrected chi connectivity index (χ4v) is 3.42. The molecule has 0 amide bonds. The van der Waals surface area contributed by atoms with Crippen molar-refractivity contribution in [2.24, 2.45) is 5.41 Å². The topological polar surface area (TPSA) is 30.5 Å². The van der Waals surface area contributed by atoms with Gasteiger partial charge in [-0.2, -0.15) is 0 Å². The van der Waals surface area contributed by atoms with Crippen LogP contribution in [0.3, 0.4) is 0 Å². The first-order valence-electron chi connectivity index (χ1n) is 7.39. The highest BCUT2D eigenvalue weighted by Crippen LogP contribution is 2.41. The van der Waals surface area contributed by atoms with Crippen molar-refractivity contribution in [3.8, 4) is 11.5 Å². The number of rotatable bonds is 2. The highest BCUT2D eigenvalue weighted by molar-refractivity contribution is 6.33. The Morgan fingerprint density at radius 1 is 1.20 bits per heavy atom. The number of halogens is 1. The SMILES string of the molecule is CC1(C)CCCC(Nc2cc3c(cc2Cl)OCCO3)C1. The quantitative estimate of drug-likeness (QED) is 0.872. The van der Waals surface area contributed by atoms with E-state index in [-0.39, 0.29) is 0 Å². The molecule has 110 valence electrons. The predicted octanol–water partition coefficient (Wildman–Crippen LogP) is 4.49. The minimum Gasteiger partial charge on any atom is -0.486 e. The Bertz CT molecular complexity index is 501. The molecule has 3 nitrogen and oxygen atoms in total. The number of nitrogens with one attached hydrogen (secondary N) is 1. The zero-order valence-electron chi connectivity index (χ0n) is 12.2. The van der Waals surface area contributed by atoms with Crippen molar-refractivity contribution in [3.63, 3.8) is 0 Å². The van der Waals surface area contributed by atoms with Crippen LogP contribution in [0.4, 0.5) is 5.69 Å². The number of ether oxygens (including phenoxy) is 2. The van der Waals surface area contributed by atoms with Gasteiger partial charge in [-0.15, -0.1) is 0 Å². The van der Waals surface area contributed by atoms with Crippen molar-refractivity contribution < 1.29 is 9.47 Å². The maximum Gasteiger partial charge on any atom is 0.163 e. The molecule has 1 unspecified atom stereocenters. The van der Waals surface area contributed by atoms with Gasteiger partial charge in [-0.1, -0.05) is 31.9 Å². The van der Waals surface area contributed by atoms with Crippen LogP contribution in [0.1, 0.15) is 39.5 Å². The smallest absolute Gasteiger partial charge is 0.163 e. The molecule has 1 aromatic rings. The molecule has 1 aliphatic heterocycles. The second kappa shape index (κ2) is 5.36. The van der Waals surface area contributed by atoms with Gasteiger partial charge in [0.1, 0.15) is 13.2 Å². The number of benzene rings is 1. The Hall–Kier alpha value is -1.09. The molecule has 0 saturated heterocycles. The molecular formula is C16H22ClNO2. The van der Waals surface area contributed by atoms with E-state index >= 15 is 0 Å². The van der Waals surface area contributed by atoms with Gasteiger partial charge in [0.15, 0.2) is 11.5 Å². The summed E-state index contributed by atoms with van der Waals surface area (Å²) in [6.07, 6.45) is 4.96. The Labute approximate surface area is 125 Å². The number of fused-ring (bicyclic) bond motifs is 1. The molecule has 1 heterocycles. The monoisotopic (exact) mass is 295 g/mol. The Balaban J connectivity index is 1.77. The lowest BCUT2D eigenvalue weighted by atomic mass is 9.75. The van der Waals surface area contributed by atoms with Gasteiger partial charge in [0, 0.05) is 18.2 Å². The first-order chi connectivity index (χ1) is 9.53. The fourth-order valence-electron chi connectivity index (χ4n) is 3.22. The minimum absolute atomic E-state index is 0.413.